The molecule has 3 rings (SSSR count). The highest BCUT2D eigenvalue weighted by Gasteiger charge is 2.14. The van der Waals surface area contributed by atoms with Crippen molar-refractivity contribution in [3.63, 3.8) is 0 Å². The Hall–Kier alpha value is -3.15. The lowest BCUT2D eigenvalue weighted by molar-refractivity contribution is -0.120. The second-order valence-corrected chi connectivity index (χ2v) is 6.33. The van der Waals surface area contributed by atoms with Crippen LogP contribution >= 0.6 is 0 Å². The van der Waals surface area contributed by atoms with Crippen molar-refractivity contribution in [2.45, 2.75) is 26.2 Å². The minimum absolute atomic E-state index is 0.115. The highest BCUT2D eigenvalue weighted by Crippen LogP contribution is 2.22. The van der Waals surface area contributed by atoms with Gasteiger partial charge in [-0.1, -0.05) is 18.2 Å². The van der Waals surface area contributed by atoms with E-state index in [0.717, 1.165) is 18.4 Å². The first-order chi connectivity index (χ1) is 13.0. The fourth-order valence-corrected chi connectivity index (χ4v) is 2.73. The molecule has 5 nitrogen and oxygen atoms in total. The second-order valence-electron chi connectivity index (χ2n) is 6.33. The lowest BCUT2D eigenvalue weighted by Gasteiger charge is -2.05. The van der Waals surface area contributed by atoms with Crippen molar-refractivity contribution >= 4 is 5.91 Å². The number of halogens is 1. The van der Waals surface area contributed by atoms with E-state index in [1.54, 1.807) is 31.2 Å². The van der Waals surface area contributed by atoms with E-state index >= 15 is 0 Å². The van der Waals surface area contributed by atoms with Gasteiger partial charge in [0.05, 0.1) is 12.1 Å². The third-order valence-corrected chi connectivity index (χ3v) is 4.19. The number of nitrogens with zero attached hydrogens (tertiary/aromatic N) is 1. The smallest absolute Gasteiger partial charge is 0.226 e. The zero-order chi connectivity index (χ0) is 19.2. The maximum atomic E-state index is 13.3. The Balaban J connectivity index is 1.50. The average molecular weight is 368 g/mol. The summed E-state index contributed by atoms with van der Waals surface area (Å²) >= 11 is 0. The molecule has 0 spiro atoms. The molecule has 3 aromatic rings. The van der Waals surface area contributed by atoms with Crippen LogP contribution in [0.5, 0.6) is 5.75 Å². The topological polar surface area (TPSA) is 75.4 Å². The van der Waals surface area contributed by atoms with E-state index in [0.29, 0.717) is 29.5 Å². The third kappa shape index (κ3) is 5.17. The molecule has 0 unspecified atom stereocenters. The van der Waals surface area contributed by atoms with Gasteiger partial charge in [-0.05, 0) is 55.7 Å². The molecule has 1 amide bonds. The number of aromatic hydroxyl groups is 1. The Labute approximate surface area is 156 Å². The van der Waals surface area contributed by atoms with Gasteiger partial charge in [-0.2, -0.15) is 0 Å². The summed E-state index contributed by atoms with van der Waals surface area (Å²) in [6.45, 7) is 2.29. The predicted molar refractivity (Wildman–Crippen MR) is 99.8 cm³/mol. The Kier molecular flexibility index (Phi) is 5.86. The molecule has 0 atom stereocenters. The Morgan fingerprint density at radius 1 is 1.22 bits per heavy atom. The standard InChI is InChI=1S/C21H21FN2O3/c1-14-19(24-21(27-14)16-5-2-6-17(22)12-16)13-20(26)23-11-3-4-15-7-9-18(25)10-8-15/h2,5-10,12,25H,3-4,11,13H2,1H3,(H,23,26). The van der Waals surface area contributed by atoms with Crippen LogP contribution < -0.4 is 5.32 Å². The molecule has 2 aromatic carbocycles. The number of phenols is 1. The van der Waals surface area contributed by atoms with Crippen LogP contribution in [0.3, 0.4) is 0 Å². The number of benzene rings is 2. The molecule has 0 saturated carbocycles. The van der Waals surface area contributed by atoms with Crippen molar-refractivity contribution in [3.8, 4) is 17.2 Å². The number of aromatic nitrogens is 1. The summed E-state index contributed by atoms with van der Waals surface area (Å²) in [7, 11) is 0. The van der Waals surface area contributed by atoms with E-state index in [-0.39, 0.29) is 23.9 Å². The first kappa shape index (κ1) is 18.6. The van der Waals surface area contributed by atoms with Crippen LogP contribution in [0.25, 0.3) is 11.5 Å². The third-order valence-electron chi connectivity index (χ3n) is 4.19. The molecule has 2 N–H and O–H groups in total. The van der Waals surface area contributed by atoms with Gasteiger partial charge in [0.2, 0.25) is 11.8 Å². The maximum Gasteiger partial charge on any atom is 0.226 e. The number of nitrogens with one attached hydrogen (secondary N) is 1. The van der Waals surface area contributed by atoms with Gasteiger partial charge in [0, 0.05) is 12.1 Å². The van der Waals surface area contributed by atoms with Crippen molar-refractivity contribution in [1.29, 1.82) is 0 Å². The maximum absolute atomic E-state index is 13.3. The summed E-state index contributed by atoms with van der Waals surface area (Å²) in [4.78, 5) is 16.5. The molecule has 0 fully saturated rings. The quantitative estimate of drug-likeness (QED) is 0.622. The van der Waals surface area contributed by atoms with Gasteiger partial charge in [0.1, 0.15) is 17.3 Å². The minimum atomic E-state index is -0.365. The van der Waals surface area contributed by atoms with Crippen LogP contribution in [-0.4, -0.2) is 22.5 Å². The van der Waals surface area contributed by atoms with Gasteiger partial charge < -0.3 is 14.8 Å². The van der Waals surface area contributed by atoms with E-state index in [2.05, 4.69) is 10.3 Å². The molecule has 1 heterocycles. The molecule has 0 aliphatic rings. The van der Waals surface area contributed by atoms with Gasteiger partial charge in [0.15, 0.2) is 0 Å². The van der Waals surface area contributed by atoms with Crippen LogP contribution in [0.4, 0.5) is 4.39 Å². The fraction of sp³-hybridized carbons (Fsp3) is 0.238. The first-order valence-electron chi connectivity index (χ1n) is 8.78. The highest BCUT2D eigenvalue weighted by atomic mass is 19.1. The zero-order valence-corrected chi connectivity index (χ0v) is 15.0. The van der Waals surface area contributed by atoms with E-state index in [9.17, 15) is 14.3 Å². The van der Waals surface area contributed by atoms with Gasteiger partial charge in [0.25, 0.3) is 0 Å². The summed E-state index contributed by atoms with van der Waals surface area (Å²) in [5.41, 5.74) is 2.19. The molecule has 0 aliphatic carbocycles. The molecule has 27 heavy (non-hydrogen) atoms. The highest BCUT2D eigenvalue weighted by molar-refractivity contribution is 5.78. The van der Waals surface area contributed by atoms with Crippen LogP contribution in [0.15, 0.2) is 52.9 Å². The van der Waals surface area contributed by atoms with Crippen molar-refractivity contribution in [1.82, 2.24) is 10.3 Å². The summed E-state index contributed by atoms with van der Waals surface area (Å²) in [5.74, 6) is 0.599. The first-order valence-corrected chi connectivity index (χ1v) is 8.78. The molecule has 0 saturated heterocycles. The molecular formula is C21H21FN2O3. The largest absolute Gasteiger partial charge is 0.508 e. The number of rotatable bonds is 7. The Morgan fingerprint density at radius 2 is 2.00 bits per heavy atom. The summed E-state index contributed by atoms with van der Waals surface area (Å²) in [5, 5.41) is 12.1. The summed E-state index contributed by atoms with van der Waals surface area (Å²) in [6, 6.07) is 13.0. The molecule has 0 radical (unpaired) electrons. The molecule has 1 aromatic heterocycles. The number of carbonyl (C=O) groups excluding carboxylic acids is 1. The fourth-order valence-electron chi connectivity index (χ4n) is 2.73. The lowest BCUT2D eigenvalue weighted by Crippen LogP contribution is -2.26. The minimum Gasteiger partial charge on any atom is -0.508 e. The predicted octanol–water partition coefficient (Wildman–Crippen LogP) is 3.79. The van der Waals surface area contributed by atoms with Crippen molar-refractivity contribution < 1.29 is 18.7 Å². The van der Waals surface area contributed by atoms with E-state index in [1.807, 2.05) is 12.1 Å². The van der Waals surface area contributed by atoms with Gasteiger partial charge >= 0.3 is 0 Å². The van der Waals surface area contributed by atoms with Crippen molar-refractivity contribution in [2.75, 3.05) is 6.54 Å². The molecule has 140 valence electrons. The molecular weight excluding hydrogens is 347 g/mol. The lowest BCUT2D eigenvalue weighted by atomic mass is 10.1. The van der Waals surface area contributed by atoms with Crippen LogP contribution in [0.1, 0.15) is 23.4 Å². The second kappa shape index (κ2) is 8.49. The Morgan fingerprint density at radius 3 is 2.74 bits per heavy atom. The van der Waals surface area contributed by atoms with E-state index in [1.165, 1.54) is 12.1 Å². The number of amides is 1. The number of aryl methyl sites for hydroxylation is 2. The number of phenolic OH excluding ortho intramolecular Hbond substituents is 1. The van der Waals surface area contributed by atoms with Crippen LogP contribution in [-0.2, 0) is 17.6 Å². The SMILES string of the molecule is Cc1oc(-c2cccc(F)c2)nc1CC(=O)NCCCc1ccc(O)cc1. The van der Waals surface area contributed by atoms with E-state index in [4.69, 9.17) is 4.42 Å². The monoisotopic (exact) mass is 368 g/mol. The summed E-state index contributed by atoms with van der Waals surface area (Å²) < 4.78 is 18.9. The van der Waals surface area contributed by atoms with Crippen LogP contribution in [0, 0.1) is 12.7 Å². The van der Waals surface area contributed by atoms with Gasteiger partial charge in [-0.25, -0.2) is 9.37 Å². The average Bonchev–Trinajstić information content (AvgIpc) is 3.01. The normalized spacial score (nSPS) is 10.7. The molecule has 6 heteroatoms. The zero-order valence-electron chi connectivity index (χ0n) is 15.0. The summed E-state index contributed by atoms with van der Waals surface area (Å²) in [6.07, 6.45) is 1.72. The Bertz CT molecular complexity index is 919. The van der Waals surface area contributed by atoms with E-state index < -0.39 is 0 Å². The number of hydrogen-bond acceptors (Lipinski definition) is 4. The molecule has 0 aliphatic heterocycles. The molecule has 0 bridgehead atoms. The number of hydrogen-bond donors (Lipinski definition) is 2. The number of carbonyl (C=O) groups is 1. The van der Waals surface area contributed by atoms with Crippen LogP contribution in [0.2, 0.25) is 0 Å². The van der Waals surface area contributed by atoms with Crippen molar-refractivity contribution in [3.05, 3.63) is 71.4 Å². The van der Waals surface area contributed by atoms with Gasteiger partial charge in [-0.3, -0.25) is 4.79 Å². The van der Waals surface area contributed by atoms with Gasteiger partial charge in [-0.15, -0.1) is 0 Å². The van der Waals surface area contributed by atoms with Crippen molar-refractivity contribution in [2.24, 2.45) is 0 Å². The number of oxazole rings is 1.